The molecule has 0 spiro atoms. The highest BCUT2D eigenvalue weighted by molar-refractivity contribution is 5.75. The van der Waals surface area contributed by atoms with Crippen LogP contribution < -0.4 is 0 Å². The van der Waals surface area contributed by atoms with Gasteiger partial charge in [-0.3, -0.25) is 4.79 Å². The molecule has 142 valence electrons. The third-order valence-corrected chi connectivity index (χ3v) is 7.95. The van der Waals surface area contributed by atoms with Gasteiger partial charge in [-0.25, -0.2) is 0 Å². The maximum Gasteiger partial charge on any atom is 0.309 e. The van der Waals surface area contributed by atoms with Gasteiger partial charge in [0.1, 0.15) is 0 Å². The number of carboxylic acid groups (broad SMARTS) is 1. The predicted molar refractivity (Wildman–Crippen MR) is 93.9 cm³/mol. The lowest BCUT2D eigenvalue weighted by atomic mass is 9.43. The average molecular weight is 352 g/mol. The van der Waals surface area contributed by atoms with Crippen molar-refractivity contribution in [2.75, 3.05) is 0 Å². The van der Waals surface area contributed by atoms with Crippen molar-refractivity contribution < 1.29 is 25.2 Å². The van der Waals surface area contributed by atoms with Crippen LogP contribution in [0.5, 0.6) is 0 Å². The number of aliphatic hydroxyl groups is 3. The number of aliphatic carboxylic acids is 1. The minimum atomic E-state index is -1.26. The van der Waals surface area contributed by atoms with E-state index in [1.807, 2.05) is 20.8 Å². The molecule has 4 N–H and O–H groups in total. The Bertz CT molecular complexity index is 613. The van der Waals surface area contributed by atoms with Gasteiger partial charge in [-0.15, -0.1) is 0 Å². The van der Waals surface area contributed by atoms with Gasteiger partial charge in [0.05, 0.1) is 22.7 Å². The molecule has 0 aromatic heterocycles. The van der Waals surface area contributed by atoms with Crippen molar-refractivity contribution in [3.05, 3.63) is 11.6 Å². The molecule has 2 fully saturated rings. The first kappa shape index (κ1) is 18.9. The second-order valence-corrected chi connectivity index (χ2v) is 9.40. The number of carbonyl (C=O) groups is 1. The van der Waals surface area contributed by atoms with E-state index in [0.29, 0.717) is 31.3 Å². The largest absolute Gasteiger partial charge is 0.481 e. The average Bonchev–Trinajstić information content (AvgIpc) is 2.52. The summed E-state index contributed by atoms with van der Waals surface area (Å²) in [6.07, 6.45) is 3.92. The van der Waals surface area contributed by atoms with Crippen molar-refractivity contribution >= 4 is 5.97 Å². The SMILES string of the molecule is CC(C)[C@@]1(O)C=C2[C@H](O)C[C@H]3[C@](C)(C(=O)O)CCC[C@]3(C)[C@@]2(O)CC1. The Labute approximate surface area is 149 Å². The molecule has 6 atom stereocenters. The molecular weight excluding hydrogens is 320 g/mol. The van der Waals surface area contributed by atoms with Crippen LogP contribution in [0.2, 0.25) is 0 Å². The quantitative estimate of drug-likeness (QED) is 0.573. The summed E-state index contributed by atoms with van der Waals surface area (Å²) >= 11 is 0. The van der Waals surface area contributed by atoms with Gasteiger partial charge < -0.3 is 20.4 Å². The molecule has 0 saturated heterocycles. The van der Waals surface area contributed by atoms with Crippen LogP contribution in [0.25, 0.3) is 0 Å². The van der Waals surface area contributed by atoms with Gasteiger partial charge in [-0.2, -0.15) is 0 Å². The van der Waals surface area contributed by atoms with Crippen LogP contribution in [-0.4, -0.2) is 43.7 Å². The number of hydrogen-bond donors (Lipinski definition) is 4. The van der Waals surface area contributed by atoms with E-state index in [-0.39, 0.29) is 11.8 Å². The number of carboxylic acids is 1. The number of rotatable bonds is 2. The fraction of sp³-hybridized carbons (Fsp3) is 0.850. The zero-order valence-corrected chi connectivity index (χ0v) is 15.7. The third kappa shape index (κ3) is 2.35. The molecule has 3 aliphatic carbocycles. The Hall–Kier alpha value is -0.910. The lowest BCUT2D eigenvalue weighted by Gasteiger charge is -2.63. The van der Waals surface area contributed by atoms with E-state index in [2.05, 4.69) is 0 Å². The fourth-order valence-electron chi connectivity index (χ4n) is 5.92. The summed E-state index contributed by atoms with van der Waals surface area (Å²) < 4.78 is 0. The summed E-state index contributed by atoms with van der Waals surface area (Å²) in [7, 11) is 0. The number of aliphatic hydroxyl groups excluding tert-OH is 1. The molecule has 3 aliphatic rings. The fourth-order valence-corrected chi connectivity index (χ4v) is 5.92. The van der Waals surface area contributed by atoms with Crippen LogP contribution in [-0.2, 0) is 4.79 Å². The van der Waals surface area contributed by atoms with Crippen LogP contribution in [0.4, 0.5) is 0 Å². The minimum absolute atomic E-state index is 0.0158. The molecule has 0 unspecified atom stereocenters. The maximum atomic E-state index is 12.0. The summed E-state index contributed by atoms with van der Waals surface area (Å²) in [6.45, 7) is 7.61. The second-order valence-electron chi connectivity index (χ2n) is 9.40. The van der Waals surface area contributed by atoms with Crippen LogP contribution in [0.3, 0.4) is 0 Å². The summed E-state index contributed by atoms with van der Waals surface area (Å²) in [5, 5.41) is 43.3. The molecule has 0 aromatic rings. The first-order chi connectivity index (χ1) is 11.4. The van der Waals surface area contributed by atoms with E-state index in [1.165, 1.54) is 0 Å². The highest BCUT2D eigenvalue weighted by Gasteiger charge is 2.66. The lowest BCUT2D eigenvalue weighted by molar-refractivity contribution is -0.202. The normalized spacial score (nSPS) is 50.0. The monoisotopic (exact) mass is 352 g/mol. The molecule has 0 aromatic carbocycles. The standard InChI is InChI=1S/C20H32O5/c1-12(2)19(24)8-9-20(25)13(11-19)14(21)10-15-17(3,16(22)23)6-5-7-18(15,20)4/h11-12,14-15,21,24-25H,5-10H2,1-4H3,(H,22,23)/t14-,15+,17-,18+,19+,20-/m1/s1. The van der Waals surface area contributed by atoms with Gasteiger partial charge in [0.25, 0.3) is 0 Å². The molecule has 25 heavy (non-hydrogen) atoms. The molecule has 0 bridgehead atoms. The van der Waals surface area contributed by atoms with Gasteiger partial charge in [0, 0.05) is 5.41 Å². The van der Waals surface area contributed by atoms with E-state index in [9.17, 15) is 25.2 Å². The Morgan fingerprint density at radius 1 is 1.16 bits per heavy atom. The Balaban J connectivity index is 2.12. The zero-order chi connectivity index (χ0) is 18.8. The van der Waals surface area contributed by atoms with Gasteiger partial charge in [0.15, 0.2) is 0 Å². The van der Waals surface area contributed by atoms with Crippen molar-refractivity contribution in [2.24, 2.45) is 22.7 Å². The highest BCUT2D eigenvalue weighted by atomic mass is 16.4. The van der Waals surface area contributed by atoms with Crippen molar-refractivity contribution in [1.82, 2.24) is 0 Å². The van der Waals surface area contributed by atoms with Gasteiger partial charge in [-0.1, -0.05) is 27.2 Å². The molecule has 5 heteroatoms. The topological polar surface area (TPSA) is 98.0 Å². The maximum absolute atomic E-state index is 12.0. The summed E-state index contributed by atoms with van der Waals surface area (Å²) in [5.74, 6) is -1.16. The third-order valence-electron chi connectivity index (χ3n) is 7.95. The Morgan fingerprint density at radius 2 is 1.80 bits per heavy atom. The number of fused-ring (bicyclic) bond motifs is 3. The first-order valence-corrected chi connectivity index (χ1v) is 9.50. The molecule has 0 amide bonds. The zero-order valence-electron chi connectivity index (χ0n) is 15.7. The molecule has 0 aliphatic heterocycles. The molecule has 0 radical (unpaired) electrons. The van der Waals surface area contributed by atoms with Gasteiger partial charge in [-0.05, 0) is 62.5 Å². The first-order valence-electron chi connectivity index (χ1n) is 9.50. The van der Waals surface area contributed by atoms with Crippen LogP contribution in [0, 0.1) is 22.7 Å². The van der Waals surface area contributed by atoms with Gasteiger partial charge in [0.2, 0.25) is 0 Å². The minimum Gasteiger partial charge on any atom is -0.481 e. The van der Waals surface area contributed by atoms with Crippen LogP contribution in [0.1, 0.15) is 66.2 Å². The van der Waals surface area contributed by atoms with E-state index < -0.39 is 34.1 Å². The van der Waals surface area contributed by atoms with E-state index in [1.54, 1.807) is 13.0 Å². The van der Waals surface area contributed by atoms with Crippen LogP contribution >= 0.6 is 0 Å². The Morgan fingerprint density at radius 3 is 2.36 bits per heavy atom. The van der Waals surface area contributed by atoms with Crippen molar-refractivity contribution in [3.63, 3.8) is 0 Å². The number of hydrogen-bond acceptors (Lipinski definition) is 4. The molecular formula is C20H32O5. The smallest absolute Gasteiger partial charge is 0.309 e. The highest BCUT2D eigenvalue weighted by Crippen LogP contribution is 2.65. The lowest BCUT2D eigenvalue weighted by Crippen LogP contribution is -2.66. The predicted octanol–water partition coefficient (Wildman–Crippen LogP) is 2.49. The Kier molecular flexibility index (Phi) is 4.18. The second kappa shape index (κ2) is 5.54. The summed E-state index contributed by atoms with van der Waals surface area (Å²) in [5.41, 5.74) is -3.34. The van der Waals surface area contributed by atoms with Crippen molar-refractivity contribution in [1.29, 1.82) is 0 Å². The molecule has 0 heterocycles. The van der Waals surface area contributed by atoms with Crippen LogP contribution in [0.15, 0.2) is 11.6 Å². The molecule has 2 saturated carbocycles. The van der Waals surface area contributed by atoms with E-state index in [0.717, 1.165) is 12.8 Å². The van der Waals surface area contributed by atoms with Crippen molar-refractivity contribution in [3.8, 4) is 0 Å². The summed E-state index contributed by atoms with van der Waals surface area (Å²) in [4.78, 5) is 12.0. The van der Waals surface area contributed by atoms with E-state index in [4.69, 9.17) is 0 Å². The van der Waals surface area contributed by atoms with E-state index >= 15 is 0 Å². The summed E-state index contributed by atoms with van der Waals surface area (Å²) in [6, 6.07) is 0. The van der Waals surface area contributed by atoms with Crippen molar-refractivity contribution in [2.45, 2.75) is 83.5 Å². The molecule has 5 nitrogen and oxygen atoms in total. The molecule has 3 rings (SSSR count). The van der Waals surface area contributed by atoms with Gasteiger partial charge >= 0.3 is 5.97 Å².